The van der Waals surface area contributed by atoms with Crippen LogP contribution in [0.5, 0.6) is 0 Å². The maximum Gasteiger partial charge on any atom is 0.124 e. The van der Waals surface area contributed by atoms with Crippen LogP contribution in [0.15, 0.2) is 48.5 Å². The second-order valence-corrected chi connectivity index (χ2v) is 4.88. The number of benzene rings is 2. The van der Waals surface area contributed by atoms with Gasteiger partial charge in [-0.3, -0.25) is 0 Å². The lowest BCUT2D eigenvalue weighted by molar-refractivity contribution is -0.107. The van der Waals surface area contributed by atoms with Crippen molar-refractivity contribution in [2.75, 3.05) is 0 Å². The first-order valence-electron chi connectivity index (χ1n) is 6.01. The van der Waals surface area contributed by atoms with Crippen LogP contribution in [0.25, 0.3) is 0 Å². The highest BCUT2D eigenvalue weighted by Gasteiger charge is 1.89. The molecule has 0 fully saturated rings. The standard InChI is InChI=1S/C9H7Cl.C8H7ClO/c1-2-3-8-4-6-9(10)7-5-8;9-8-3-1-7(2-4-8)5-6-10/h1,4-7H,3H2;1-4,6H,5H2. The number of hydrogen-bond donors (Lipinski definition) is 0. The van der Waals surface area contributed by atoms with Gasteiger partial charge in [0.05, 0.1) is 0 Å². The van der Waals surface area contributed by atoms with Crippen LogP contribution in [0.2, 0.25) is 10.0 Å². The molecule has 0 atom stereocenters. The van der Waals surface area contributed by atoms with Crippen molar-refractivity contribution >= 4 is 29.5 Å². The molecular formula is C17H14Cl2O. The van der Waals surface area contributed by atoms with E-state index in [0.29, 0.717) is 17.9 Å². The number of rotatable bonds is 3. The Morgan fingerprint density at radius 2 is 1.35 bits per heavy atom. The molecule has 0 aromatic heterocycles. The maximum absolute atomic E-state index is 10.0. The lowest BCUT2D eigenvalue weighted by atomic mass is 10.2. The van der Waals surface area contributed by atoms with Crippen LogP contribution in [0.3, 0.4) is 0 Å². The minimum absolute atomic E-state index is 0.469. The van der Waals surface area contributed by atoms with Gasteiger partial charge in [0.25, 0.3) is 0 Å². The van der Waals surface area contributed by atoms with Gasteiger partial charge >= 0.3 is 0 Å². The third-order valence-corrected chi connectivity index (χ3v) is 2.96. The van der Waals surface area contributed by atoms with Crippen LogP contribution in [-0.2, 0) is 17.6 Å². The molecule has 0 amide bonds. The Balaban J connectivity index is 0.000000200. The summed E-state index contributed by atoms with van der Waals surface area (Å²) in [4.78, 5) is 10.0. The molecule has 0 saturated heterocycles. The van der Waals surface area contributed by atoms with E-state index in [4.69, 9.17) is 29.6 Å². The summed E-state index contributed by atoms with van der Waals surface area (Å²) in [6, 6.07) is 14.8. The van der Waals surface area contributed by atoms with Gasteiger partial charge in [-0.15, -0.1) is 12.3 Å². The molecule has 0 unspecified atom stereocenters. The summed E-state index contributed by atoms with van der Waals surface area (Å²) in [5, 5.41) is 1.45. The number of hydrogen-bond acceptors (Lipinski definition) is 1. The Morgan fingerprint density at radius 3 is 1.75 bits per heavy atom. The van der Waals surface area contributed by atoms with Gasteiger partial charge in [0.15, 0.2) is 0 Å². The summed E-state index contributed by atoms with van der Waals surface area (Å²) >= 11 is 11.3. The highest BCUT2D eigenvalue weighted by molar-refractivity contribution is 6.30. The lowest BCUT2D eigenvalue weighted by Gasteiger charge is -1.92. The van der Waals surface area contributed by atoms with E-state index in [1.54, 1.807) is 12.1 Å². The van der Waals surface area contributed by atoms with Crippen molar-refractivity contribution in [1.82, 2.24) is 0 Å². The molecule has 2 aromatic rings. The maximum atomic E-state index is 10.0. The van der Waals surface area contributed by atoms with Gasteiger partial charge < -0.3 is 4.79 Å². The molecule has 0 aliphatic heterocycles. The van der Waals surface area contributed by atoms with Crippen LogP contribution < -0.4 is 0 Å². The third-order valence-electron chi connectivity index (χ3n) is 2.45. The second kappa shape index (κ2) is 9.20. The topological polar surface area (TPSA) is 17.1 Å². The molecule has 0 heterocycles. The van der Waals surface area contributed by atoms with Crippen molar-refractivity contribution in [2.24, 2.45) is 0 Å². The van der Waals surface area contributed by atoms with E-state index in [2.05, 4.69) is 5.92 Å². The summed E-state index contributed by atoms with van der Waals surface area (Å²) in [6.07, 6.45) is 7.14. The largest absolute Gasteiger partial charge is 0.303 e. The van der Waals surface area contributed by atoms with Crippen molar-refractivity contribution in [1.29, 1.82) is 0 Å². The van der Waals surface area contributed by atoms with E-state index in [1.807, 2.05) is 36.4 Å². The Bertz CT molecular complexity index is 565. The van der Waals surface area contributed by atoms with Gasteiger partial charge in [0.2, 0.25) is 0 Å². The van der Waals surface area contributed by atoms with Gasteiger partial charge in [-0.05, 0) is 35.4 Å². The average molecular weight is 305 g/mol. The van der Waals surface area contributed by atoms with Gasteiger partial charge in [0.1, 0.15) is 6.29 Å². The van der Waals surface area contributed by atoms with Crippen LogP contribution >= 0.6 is 23.2 Å². The molecule has 1 nitrogen and oxygen atoms in total. The normalized spacial score (nSPS) is 9.05. The first kappa shape index (κ1) is 16.3. The molecule has 3 heteroatoms. The van der Waals surface area contributed by atoms with Crippen molar-refractivity contribution in [2.45, 2.75) is 12.8 Å². The van der Waals surface area contributed by atoms with Crippen LogP contribution in [0, 0.1) is 12.3 Å². The molecule has 0 aliphatic rings. The number of halogens is 2. The van der Waals surface area contributed by atoms with E-state index in [0.717, 1.165) is 22.4 Å². The zero-order valence-electron chi connectivity index (χ0n) is 10.9. The van der Waals surface area contributed by atoms with Gasteiger partial charge in [0, 0.05) is 22.9 Å². The minimum atomic E-state index is 0.469. The lowest BCUT2D eigenvalue weighted by Crippen LogP contribution is -1.83. The smallest absolute Gasteiger partial charge is 0.124 e. The van der Waals surface area contributed by atoms with Gasteiger partial charge in [-0.2, -0.15) is 0 Å². The summed E-state index contributed by atoms with van der Waals surface area (Å²) in [5.41, 5.74) is 2.13. The van der Waals surface area contributed by atoms with Crippen LogP contribution in [0.4, 0.5) is 0 Å². The predicted octanol–water partition coefficient (Wildman–Crippen LogP) is 4.60. The summed E-state index contributed by atoms with van der Waals surface area (Å²) in [5.74, 6) is 2.56. The van der Waals surface area contributed by atoms with E-state index in [-0.39, 0.29) is 0 Å². The molecule has 0 bridgehead atoms. The van der Waals surface area contributed by atoms with E-state index in [9.17, 15) is 4.79 Å². The molecule has 0 saturated carbocycles. The summed E-state index contributed by atoms with van der Waals surface area (Å²) in [6.45, 7) is 0. The molecule has 2 rings (SSSR count). The van der Waals surface area contributed by atoms with Crippen LogP contribution in [0.1, 0.15) is 11.1 Å². The molecular weight excluding hydrogens is 291 g/mol. The highest BCUT2D eigenvalue weighted by Crippen LogP contribution is 2.09. The predicted molar refractivity (Wildman–Crippen MR) is 85.2 cm³/mol. The number of terminal acetylenes is 1. The van der Waals surface area contributed by atoms with Gasteiger partial charge in [-0.25, -0.2) is 0 Å². The van der Waals surface area contributed by atoms with Gasteiger partial charge in [-0.1, -0.05) is 47.5 Å². The Kier molecular flexibility index (Phi) is 7.50. The van der Waals surface area contributed by atoms with E-state index >= 15 is 0 Å². The van der Waals surface area contributed by atoms with Crippen molar-refractivity contribution in [3.8, 4) is 12.3 Å². The zero-order chi connectivity index (χ0) is 14.8. The molecule has 0 aliphatic carbocycles. The van der Waals surface area contributed by atoms with Crippen molar-refractivity contribution < 1.29 is 4.79 Å². The second-order valence-electron chi connectivity index (χ2n) is 4.00. The van der Waals surface area contributed by atoms with Crippen molar-refractivity contribution in [3.63, 3.8) is 0 Å². The number of carbonyl (C=O) groups excluding carboxylic acids is 1. The summed E-state index contributed by atoms with van der Waals surface area (Å²) in [7, 11) is 0. The molecule has 20 heavy (non-hydrogen) atoms. The Labute approximate surface area is 129 Å². The first-order chi connectivity index (χ1) is 9.65. The van der Waals surface area contributed by atoms with Crippen LogP contribution in [-0.4, -0.2) is 6.29 Å². The number of carbonyl (C=O) groups is 1. The first-order valence-corrected chi connectivity index (χ1v) is 6.77. The van der Waals surface area contributed by atoms with E-state index in [1.165, 1.54) is 0 Å². The fourth-order valence-electron chi connectivity index (χ4n) is 1.44. The molecule has 102 valence electrons. The summed E-state index contributed by atoms with van der Waals surface area (Å²) < 4.78 is 0. The monoisotopic (exact) mass is 304 g/mol. The SMILES string of the molecule is C#CCc1ccc(Cl)cc1.O=CCc1ccc(Cl)cc1. The molecule has 0 spiro atoms. The third kappa shape index (κ3) is 6.43. The quantitative estimate of drug-likeness (QED) is 0.598. The molecule has 2 aromatic carbocycles. The fourth-order valence-corrected chi connectivity index (χ4v) is 1.69. The highest BCUT2D eigenvalue weighted by atomic mass is 35.5. The minimum Gasteiger partial charge on any atom is -0.303 e. The number of aldehydes is 1. The molecule has 0 radical (unpaired) electrons. The fraction of sp³-hybridized carbons (Fsp3) is 0.118. The Morgan fingerprint density at radius 1 is 0.900 bits per heavy atom. The van der Waals surface area contributed by atoms with Crippen molar-refractivity contribution in [3.05, 3.63) is 69.7 Å². The Hall–Kier alpha value is -1.75. The average Bonchev–Trinajstić information content (AvgIpc) is 2.45. The molecule has 0 N–H and O–H groups in total. The van der Waals surface area contributed by atoms with E-state index < -0.39 is 0 Å². The zero-order valence-corrected chi connectivity index (χ0v) is 12.4.